The number of carbonyl (C=O) groups is 1. The van der Waals surface area contributed by atoms with E-state index in [1.807, 2.05) is 57.2 Å². The number of allylic oxidation sites excluding steroid dienone is 1. The highest BCUT2D eigenvalue weighted by Gasteiger charge is 2.35. The number of esters is 1. The van der Waals surface area contributed by atoms with Crippen molar-refractivity contribution in [3.63, 3.8) is 0 Å². The number of methoxy groups -OCH3 is 1. The van der Waals surface area contributed by atoms with E-state index in [1.165, 1.54) is 11.3 Å². The molecule has 39 heavy (non-hydrogen) atoms. The van der Waals surface area contributed by atoms with Crippen molar-refractivity contribution >= 4 is 39.3 Å². The third-order valence-electron chi connectivity index (χ3n) is 5.93. The zero-order valence-corrected chi connectivity index (χ0v) is 25.1. The van der Waals surface area contributed by atoms with Gasteiger partial charge in [-0.3, -0.25) is 9.36 Å². The van der Waals surface area contributed by atoms with Crippen LogP contribution in [-0.4, -0.2) is 37.0 Å². The normalized spacial score (nSPS) is 15.2. The van der Waals surface area contributed by atoms with Crippen LogP contribution in [0.5, 0.6) is 17.2 Å². The third kappa shape index (κ3) is 5.81. The first-order valence-electron chi connectivity index (χ1n) is 12.7. The molecule has 206 valence electrons. The lowest BCUT2D eigenvalue weighted by atomic mass is 9.95. The standard InChI is InChI=1S/C29H31BrN2O6S/c1-7-36-26-20(30)13-18(14-22(26)35-6)15-23-27(33)32-25(19-11-9-10-12-21(19)38-16(3)4)24(28(34)37-8-2)17(5)31-29(32)39-23/h9-16,25H,7-8H2,1-6H3/b23-15+/t25-/m1/s1. The van der Waals surface area contributed by atoms with Gasteiger partial charge in [0.1, 0.15) is 11.8 Å². The number of rotatable bonds is 9. The van der Waals surface area contributed by atoms with Gasteiger partial charge in [-0.25, -0.2) is 9.79 Å². The molecule has 0 aliphatic carbocycles. The predicted octanol–water partition coefficient (Wildman–Crippen LogP) is 4.76. The summed E-state index contributed by atoms with van der Waals surface area (Å²) in [5.41, 5.74) is 1.95. The van der Waals surface area contributed by atoms with Gasteiger partial charge in [-0.1, -0.05) is 29.5 Å². The molecular formula is C29H31BrN2O6S. The zero-order valence-electron chi connectivity index (χ0n) is 22.7. The van der Waals surface area contributed by atoms with Crippen molar-refractivity contribution in [3.8, 4) is 17.2 Å². The van der Waals surface area contributed by atoms with E-state index in [9.17, 15) is 9.59 Å². The molecule has 0 amide bonds. The second kappa shape index (κ2) is 12.2. The minimum absolute atomic E-state index is 0.105. The van der Waals surface area contributed by atoms with E-state index < -0.39 is 12.0 Å². The Bertz CT molecular complexity index is 1600. The highest BCUT2D eigenvalue weighted by molar-refractivity contribution is 9.10. The molecule has 0 radical (unpaired) electrons. The highest BCUT2D eigenvalue weighted by Crippen LogP contribution is 2.38. The first-order chi connectivity index (χ1) is 18.7. The molecule has 1 aromatic heterocycles. The highest BCUT2D eigenvalue weighted by atomic mass is 79.9. The van der Waals surface area contributed by atoms with Gasteiger partial charge in [0.25, 0.3) is 5.56 Å². The van der Waals surface area contributed by atoms with E-state index >= 15 is 0 Å². The van der Waals surface area contributed by atoms with Gasteiger partial charge in [0.15, 0.2) is 16.3 Å². The Kier molecular flexibility index (Phi) is 8.97. The zero-order chi connectivity index (χ0) is 28.3. The molecular weight excluding hydrogens is 584 g/mol. The van der Waals surface area contributed by atoms with Crippen LogP contribution in [0.2, 0.25) is 0 Å². The van der Waals surface area contributed by atoms with Crippen molar-refractivity contribution < 1.29 is 23.7 Å². The number of nitrogens with zero attached hydrogens (tertiary/aromatic N) is 2. The Morgan fingerprint density at radius 1 is 1.18 bits per heavy atom. The smallest absolute Gasteiger partial charge is 0.338 e. The summed E-state index contributed by atoms with van der Waals surface area (Å²) in [5.74, 6) is 1.21. The molecule has 0 fully saturated rings. The third-order valence-corrected chi connectivity index (χ3v) is 7.50. The topological polar surface area (TPSA) is 88.4 Å². The van der Waals surface area contributed by atoms with E-state index in [1.54, 1.807) is 31.6 Å². The number of halogens is 1. The van der Waals surface area contributed by atoms with Crippen molar-refractivity contribution in [3.05, 3.63) is 83.0 Å². The van der Waals surface area contributed by atoms with Crippen LogP contribution in [0.4, 0.5) is 0 Å². The quantitative estimate of drug-likeness (QED) is 0.323. The van der Waals surface area contributed by atoms with Crippen molar-refractivity contribution in [1.29, 1.82) is 0 Å². The van der Waals surface area contributed by atoms with Crippen LogP contribution in [-0.2, 0) is 9.53 Å². The Hall–Kier alpha value is -3.37. The predicted molar refractivity (Wildman–Crippen MR) is 154 cm³/mol. The molecule has 2 aromatic carbocycles. The van der Waals surface area contributed by atoms with Crippen molar-refractivity contribution in [1.82, 2.24) is 4.57 Å². The number of thiazole rings is 1. The van der Waals surface area contributed by atoms with E-state index in [4.69, 9.17) is 18.9 Å². The Morgan fingerprint density at radius 2 is 1.92 bits per heavy atom. The van der Waals surface area contributed by atoms with E-state index in [0.717, 1.165) is 5.56 Å². The van der Waals surface area contributed by atoms with Crippen LogP contribution in [0, 0.1) is 0 Å². The average molecular weight is 616 g/mol. The van der Waals surface area contributed by atoms with Gasteiger partial charge < -0.3 is 18.9 Å². The molecule has 0 N–H and O–H groups in total. The molecule has 0 spiro atoms. The van der Waals surface area contributed by atoms with Crippen molar-refractivity contribution in [2.45, 2.75) is 46.8 Å². The molecule has 10 heteroatoms. The maximum absolute atomic E-state index is 14.0. The van der Waals surface area contributed by atoms with Gasteiger partial charge in [-0.05, 0) is 80.4 Å². The van der Waals surface area contributed by atoms with Crippen molar-refractivity contribution in [2.75, 3.05) is 20.3 Å². The number of benzene rings is 2. The largest absolute Gasteiger partial charge is 0.493 e. The Morgan fingerprint density at radius 3 is 2.59 bits per heavy atom. The first-order valence-corrected chi connectivity index (χ1v) is 14.3. The number of fused-ring (bicyclic) bond motifs is 1. The molecule has 4 rings (SSSR count). The molecule has 1 aliphatic heterocycles. The summed E-state index contributed by atoms with van der Waals surface area (Å²) in [7, 11) is 1.57. The van der Waals surface area contributed by atoms with Crippen LogP contribution in [0.25, 0.3) is 6.08 Å². The van der Waals surface area contributed by atoms with Gasteiger partial charge in [0.05, 0.1) is 46.7 Å². The lowest BCUT2D eigenvalue weighted by molar-refractivity contribution is -0.139. The fourth-order valence-electron chi connectivity index (χ4n) is 4.41. The number of carbonyl (C=O) groups excluding carboxylic acids is 1. The minimum Gasteiger partial charge on any atom is -0.493 e. The van der Waals surface area contributed by atoms with Gasteiger partial charge in [0.2, 0.25) is 0 Å². The summed E-state index contributed by atoms with van der Waals surface area (Å²) in [4.78, 5) is 32.3. The summed E-state index contributed by atoms with van der Waals surface area (Å²) in [6, 6.07) is 10.3. The maximum Gasteiger partial charge on any atom is 0.338 e. The summed E-state index contributed by atoms with van der Waals surface area (Å²) in [6.07, 6.45) is 1.68. The van der Waals surface area contributed by atoms with Gasteiger partial charge in [-0.2, -0.15) is 0 Å². The van der Waals surface area contributed by atoms with Crippen LogP contribution >= 0.6 is 27.3 Å². The number of hydrogen-bond acceptors (Lipinski definition) is 8. The summed E-state index contributed by atoms with van der Waals surface area (Å²) >= 11 is 4.80. The molecule has 8 nitrogen and oxygen atoms in total. The summed E-state index contributed by atoms with van der Waals surface area (Å²) in [6.45, 7) is 9.95. The fraction of sp³-hybridized carbons (Fsp3) is 0.345. The van der Waals surface area contributed by atoms with Gasteiger partial charge >= 0.3 is 5.97 Å². The monoisotopic (exact) mass is 614 g/mol. The average Bonchev–Trinajstić information content (AvgIpc) is 3.19. The fourth-order valence-corrected chi connectivity index (χ4v) is 6.03. The summed E-state index contributed by atoms with van der Waals surface area (Å²) in [5, 5.41) is 0. The van der Waals surface area contributed by atoms with Crippen LogP contribution in [0.1, 0.15) is 51.8 Å². The van der Waals surface area contributed by atoms with Crippen LogP contribution < -0.4 is 29.1 Å². The first kappa shape index (κ1) is 28.6. The van der Waals surface area contributed by atoms with Gasteiger partial charge in [0, 0.05) is 5.56 Å². The Labute approximate surface area is 239 Å². The lowest BCUT2D eigenvalue weighted by Crippen LogP contribution is -2.40. The SMILES string of the molecule is CCOC(=O)C1=C(C)N=c2s/c(=C/c3cc(Br)c(OCC)c(OC)c3)c(=O)n2[C@@H]1c1ccccc1OC(C)C. The minimum atomic E-state index is -0.765. The lowest BCUT2D eigenvalue weighted by Gasteiger charge is -2.26. The van der Waals surface area contributed by atoms with Crippen LogP contribution in [0.3, 0.4) is 0 Å². The molecule has 1 atom stereocenters. The van der Waals surface area contributed by atoms with E-state index in [2.05, 4.69) is 20.9 Å². The van der Waals surface area contributed by atoms with Crippen LogP contribution in [0.15, 0.2) is 61.9 Å². The molecule has 0 bridgehead atoms. The second-order valence-corrected chi connectivity index (χ2v) is 10.8. The number of aromatic nitrogens is 1. The number of para-hydroxylation sites is 1. The number of ether oxygens (including phenoxy) is 4. The van der Waals surface area contributed by atoms with Gasteiger partial charge in [-0.15, -0.1) is 0 Å². The van der Waals surface area contributed by atoms with Crippen molar-refractivity contribution in [2.24, 2.45) is 4.99 Å². The van der Waals surface area contributed by atoms with E-state index in [0.29, 0.717) is 54.5 Å². The number of hydrogen-bond donors (Lipinski definition) is 0. The Balaban J connectivity index is 1.96. The molecule has 0 unspecified atom stereocenters. The molecule has 2 heterocycles. The molecule has 0 saturated heterocycles. The second-order valence-electron chi connectivity index (χ2n) is 8.97. The molecule has 0 saturated carbocycles. The maximum atomic E-state index is 14.0. The molecule has 1 aliphatic rings. The summed E-state index contributed by atoms with van der Waals surface area (Å²) < 4.78 is 25.4. The van der Waals surface area contributed by atoms with E-state index in [-0.39, 0.29) is 18.3 Å². The molecule has 3 aromatic rings.